The molecule has 0 bridgehead atoms. The Bertz CT molecular complexity index is 1450. The second-order valence-electron chi connectivity index (χ2n) is 11.0. The zero-order chi connectivity index (χ0) is 29.6. The van der Waals surface area contributed by atoms with Gasteiger partial charge in [0.2, 0.25) is 11.8 Å². The molecule has 8 heteroatoms. The first kappa shape index (κ1) is 30.3. The van der Waals surface area contributed by atoms with Gasteiger partial charge in [0.1, 0.15) is 12.6 Å². The number of benzene rings is 3. The molecule has 0 radical (unpaired) electrons. The van der Waals surface area contributed by atoms with Gasteiger partial charge in [-0.05, 0) is 74.9 Å². The Balaban J connectivity index is 1.73. The molecule has 0 aliphatic heterocycles. The number of carbonyl (C=O) groups is 2. The zero-order valence-electron chi connectivity index (χ0n) is 24.5. The molecule has 1 aliphatic rings. The third-order valence-electron chi connectivity index (χ3n) is 8.02. The Morgan fingerprint density at radius 1 is 0.902 bits per heavy atom. The summed E-state index contributed by atoms with van der Waals surface area (Å²) in [6.07, 6.45) is 4.44. The molecule has 1 saturated carbocycles. The van der Waals surface area contributed by atoms with Gasteiger partial charge in [-0.2, -0.15) is 0 Å². The van der Waals surface area contributed by atoms with E-state index in [1.54, 1.807) is 35.2 Å². The van der Waals surface area contributed by atoms with E-state index in [1.807, 2.05) is 58.0 Å². The molecule has 1 aliphatic carbocycles. The SMILES string of the molecule is CCC(C(=O)NC1CCCC1)N(Cc1ccc(C)cc1)C(=O)CN(c1cccc(C)c1C)S(=O)(=O)c1ccccc1. The fraction of sp³-hybridized carbons (Fsp3) is 0.394. The molecule has 41 heavy (non-hydrogen) atoms. The maximum absolute atomic E-state index is 14.3. The van der Waals surface area contributed by atoms with Crippen LogP contribution < -0.4 is 9.62 Å². The van der Waals surface area contributed by atoms with E-state index in [2.05, 4.69) is 5.32 Å². The molecule has 7 nitrogen and oxygen atoms in total. The Kier molecular flexibility index (Phi) is 9.86. The fourth-order valence-electron chi connectivity index (χ4n) is 5.42. The van der Waals surface area contributed by atoms with Crippen LogP contribution in [-0.2, 0) is 26.2 Å². The highest BCUT2D eigenvalue weighted by Crippen LogP contribution is 2.29. The van der Waals surface area contributed by atoms with Gasteiger partial charge in [0, 0.05) is 12.6 Å². The van der Waals surface area contributed by atoms with Crippen LogP contribution in [-0.4, -0.2) is 43.8 Å². The summed E-state index contributed by atoms with van der Waals surface area (Å²) in [5.41, 5.74) is 4.10. The monoisotopic (exact) mass is 575 g/mol. The number of amides is 2. The first-order chi connectivity index (χ1) is 19.6. The Morgan fingerprint density at radius 2 is 1.56 bits per heavy atom. The van der Waals surface area contributed by atoms with Crippen LogP contribution in [0.4, 0.5) is 5.69 Å². The number of aryl methyl sites for hydroxylation is 2. The molecule has 0 spiro atoms. The summed E-state index contributed by atoms with van der Waals surface area (Å²) >= 11 is 0. The van der Waals surface area contributed by atoms with Crippen LogP contribution in [0.5, 0.6) is 0 Å². The molecule has 1 fully saturated rings. The maximum atomic E-state index is 14.3. The molecular formula is C33H41N3O4S. The number of anilines is 1. The average Bonchev–Trinajstić information content (AvgIpc) is 3.47. The number of hydrogen-bond donors (Lipinski definition) is 1. The number of nitrogens with zero attached hydrogens (tertiary/aromatic N) is 2. The lowest BCUT2D eigenvalue weighted by molar-refractivity contribution is -0.140. The van der Waals surface area contributed by atoms with Gasteiger partial charge in [0.15, 0.2) is 0 Å². The van der Waals surface area contributed by atoms with Crippen LogP contribution in [0.15, 0.2) is 77.7 Å². The molecule has 1 atom stereocenters. The lowest BCUT2D eigenvalue weighted by Gasteiger charge is -2.34. The van der Waals surface area contributed by atoms with Crippen LogP contribution in [0, 0.1) is 20.8 Å². The summed E-state index contributed by atoms with van der Waals surface area (Å²) in [5, 5.41) is 3.15. The van der Waals surface area contributed by atoms with Crippen molar-refractivity contribution in [1.29, 1.82) is 0 Å². The van der Waals surface area contributed by atoms with E-state index in [-0.39, 0.29) is 23.4 Å². The van der Waals surface area contributed by atoms with Gasteiger partial charge < -0.3 is 10.2 Å². The minimum atomic E-state index is -4.09. The van der Waals surface area contributed by atoms with Crippen LogP contribution in [0.25, 0.3) is 0 Å². The van der Waals surface area contributed by atoms with Crippen LogP contribution in [0.2, 0.25) is 0 Å². The molecule has 0 aromatic heterocycles. The number of nitrogens with one attached hydrogen (secondary N) is 1. The lowest BCUT2D eigenvalue weighted by Crippen LogP contribution is -2.53. The summed E-state index contributed by atoms with van der Waals surface area (Å²) in [4.78, 5) is 29.5. The molecular weight excluding hydrogens is 534 g/mol. The number of hydrogen-bond acceptors (Lipinski definition) is 4. The summed E-state index contributed by atoms with van der Waals surface area (Å²) in [6, 6.07) is 20.8. The number of rotatable bonds is 11. The number of sulfonamides is 1. The van der Waals surface area contributed by atoms with Crippen molar-refractivity contribution in [3.8, 4) is 0 Å². The van der Waals surface area contributed by atoms with Gasteiger partial charge >= 0.3 is 0 Å². The van der Waals surface area contributed by atoms with Gasteiger partial charge in [-0.3, -0.25) is 13.9 Å². The molecule has 0 saturated heterocycles. The Hall–Kier alpha value is -3.65. The maximum Gasteiger partial charge on any atom is 0.264 e. The van der Waals surface area contributed by atoms with E-state index in [9.17, 15) is 18.0 Å². The van der Waals surface area contributed by atoms with Crippen molar-refractivity contribution in [3.05, 3.63) is 95.1 Å². The number of carbonyl (C=O) groups excluding carboxylic acids is 2. The van der Waals surface area contributed by atoms with E-state index in [0.29, 0.717) is 12.1 Å². The highest BCUT2D eigenvalue weighted by molar-refractivity contribution is 7.92. The Labute approximate surface area is 244 Å². The molecule has 2 amide bonds. The first-order valence-corrected chi connectivity index (χ1v) is 15.8. The van der Waals surface area contributed by atoms with Crippen molar-refractivity contribution in [2.75, 3.05) is 10.8 Å². The van der Waals surface area contributed by atoms with E-state index in [1.165, 1.54) is 16.4 Å². The molecule has 218 valence electrons. The van der Waals surface area contributed by atoms with Gasteiger partial charge in [-0.15, -0.1) is 0 Å². The highest BCUT2D eigenvalue weighted by Gasteiger charge is 2.35. The highest BCUT2D eigenvalue weighted by atomic mass is 32.2. The summed E-state index contributed by atoms with van der Waals surface area (Å²) in [7, 11) is -4.09. The average molecular weight is 576 g/mol. The van der Waals surface area contributed by atoms with Gasteiger partial charge in [0.25, 0.3) is 10.0 Å². The second-order valence-corrected chi connectivity index (χ2v) is 12.8. The van der Waals surface area contributed by atoms with Gasteiger partial charge in [-0.1, -0.05) is 79.9 Å². The van der Waals surface area contributed by atoms with Crippen molar-refractivity contribution >= 4 is 27.5 Å². The van der Waals surface area contributed by atoms with Crippen molar-refractivity contribution < 1.29 is 18.0 Å². The molecule has 4 rings (SSSR count). The first-order valence-electron chi connectivity index (χ1n) is 14.4. The summed E-state index contributed by atoms with van der Waals surface area (Å²) < 4.78 is 29.3. The molecule has 0 heterocycles. The smallest absolute Gasteiger partial charge is 0.264 e. The molecule has 3 aromatic carbocycles. The van der Waals surface area contributed by atoms with Crippen LogP contribution in [0.3, 0.4) is 0 Å². The van der Waals surface area contributed by atoms with Crippen molar-refractivity contribution in [2.24, 2.45) is 0 Å². The van der Waals surface area contributed by atoms with E-state index < -0.39 is 28.5 Å². The van der Waals surface area contributed by atoms with Crippen molar-refractivity contribution in [2.45, 2.75) is 83.3 Å². The lowest BCUT2D eigenvalue weighted by atomic mass is 10.1. The minimum Gasteiger partial charge on any atom is -0.352 e. The molecule has 1 N–H and O–H groups in total. The van der Waals surface area contributed by atoms with Gasteiger partial charge in [0.05, 0.1) is 10.6 Å². The molecule has 3 aromatic rings. The third-order valence-corrected chi connectivity index (χ3v) is 9.79. The molecule has 1 unspecified atom stereocenters. The summed E-state index contributed by atoms with van der Waals surface area (Å²) in [5.74, 6) is -0.622. The fourth-order valence-corrected chi connectivity index (χ4v) is 6.91. The van der Waals surface area contributed by atoms with Crippen LogP contribution >= 0.6 is 0 Å². The standard InChI is InChI=1S/C33H41N3O4S/c1-5-30(33(38)34-28-13-9-10-14-28)35(22-27-20-18-24(2)19-21-27)32(37)23-36(31-17-11-12-25(3)26(31)4)41(39,40)29-15-7-6-8-16-29/h6-8,11-12,15-21,28,30H,5,9-10,13-14,22-23H2,1-4H3,(H,34,38). The zero-order valence-corrected chi connectivity index (χ0v) is 25.3. The minimum absolute atomic E-state index is 0.102. The van der Waals surface area contributed by atoms with E-state index in [4.69, 9.17) is 0 Å². The van der Waals surface area contributed by atoms with Gasteiger partial charge in [-0.25, -0.2) is 8.42 Å². The largest absolute Gasteiger partial charge is 0.352 e. The van der Waals surface area contributed by atoms with E-state index >= 15 is 0 Å². The Morgan fingerprint density at radius 3 is 2.20 bits per heavy atom. The summed E-state index contributed by atoms with van der Waals surface area (Å²) in [6.45, 7) is 7.42. The quantitative estimate of drug-likeness (QED) is 0.319. The van der Waals surface area contributed by atoms with Crippen LogP contribution in [0.1, 0.15) is 61.3 Å². The van der Waals surface area contributed by atoms with Crippen molar-refractivity contribution in [3.63, 3.8) is 0 Å². The predicted molar refractivity (Wildman–Crippen MR) is 163 cm³/mol. The third kappa shape index (κ3) is 7.17. The predicted octanol–water partition coefficient (Wildman–Crippen LogP) is 5.67. The van der Waals surface area contributed by atoms with Crippen molar-refractivity contribution in [1.82, 2.24) is 10.2 Å². The normalized spacial score (nSPS) is 14.4. The topological polar surface area (TPSA) is 86.8 Å². The van der Waals surface area contributed by atoms with E-state index in [0.717, 1.165) is 47.9 Å². The second kappa shape index (κ2) is 13.3.